The van der Waals surface area contributed by atoms with Crippen molar-refractivity contribution in [1.82, 2.24) is 5.32 Å². The van der Waals surface area contributed by atoms with Crippen LogP contribution in [-0.4, -0.2) is 29.6 Å². The van der Waals surface area contributed by atoms with Crippen LogP contribution < -0.4 is 10.1 Å². The summed E-state index contributed by atoms with van der Waals surface area (Å²) in [5, 5.41) is 11.9. The minimum atomic E-state index is -1.08. The zero-order chi connectivity index (χ0) is 19.1. The van der Waals surface area contributed by atoms with Crippen molar-refractivity contribution in [3.8, 4) is 5.75 Å². The van der Waals surface area contributed by atoms with E-state index < -0.39 is 17.9 Å². The van der Waals surface area contributed by atoms with Gasteiger partial charge in [0.2, 0.25) is 0 Å². The fourth-order valence-corrected chi connectivity index (χ4v) is 2.91. The number of rotatable bonds is 8. The summed E-state index contributed by atoms with van der Waals surface area (Å²) in [6.45, 7) is 3.84. The molecule has 0 fully saturated rings. The van der Waals surface area contributed by atoms with E-state index in [0.29, 0.717) is 5.75 Å². The number of aliphatic carboxylic acids is 1. The van der Waals surface area contributed by atoms with Crippen LogP contribution in [0.1, 0.15) is 30.9 Å². The van der Waals surface area contributed by atoms with Gasteiger partial charge in [0.25, 0.3) is 5.91 Å². The lowest BCUT2D eigenvalue weighted by atomic mass is 10.0. The van der Waals surface area contributed by atoms with Gasteiger partial charge < -0.3 is 15.2 Å². The van der Waals surface area contributed by atoms with E-state index in [1.165, 1.54) is 0 Å². The molecule has 2 N–H and O–H groups in total. The Hall–Kier alpha value is -2.34. The molecule has 0 heterocycles. The van der Waals surface area contributed by atoms with Gasteiger partial charge in [-0.25, -0.2) is 4.79 Å². The number of nitrogens with one attached hydrogen (secondary N) is 1. The molecular formula is C20H22BrNO4. The minimum absolute atomic E-state index is 0.220. The maximum atomic E-state index is 12.2. The van der Waals surface area contributed by atoms with Crippen LogP contribution in [-0.2, 0) is 16.0 Å². The molecule has 0 aliphatic rings. The van der Waals surface area contributed by atoms with Crippen molar-refractivity contribution in [2.75, 3.05) is 6.61 Å². The molecule has 5 nitrogen and oxygen atoms in total. The molecule has 1 atom stereocenters. The van der Waals surface area contributed by atoms with Crippen LogP contribution in [0.2, 0.25) is 0 Å². The molecule has 0 aliphatic carbocycles. The number of hydrogen-bond acceptors (Lipinski definition) is 3. The molecule has 0 saturated heterocycles. The van der Waals surface area contributed by atoms with E-state index in [2.05, 4.69) is 21.2 Å². The first-order valence-electron chi connectivity index (χ1n) is 8.35. The lowest BCUT2D eigenvalue weighted by Crippen LogP contribution is -2.44. The highest BCUT2D eigenvalue weighted by Crippen LogP contribution is 2.29. The number of carboxylic acid groups (broad SMARTS) is 1. The number of carbonyl (C=O) groups excluding carboxylic acids is 1. The number of hydrogen-bond donors (Lipinski definition) is 2. The van der Waals surface area contributed by atoms with Crippen LogP contribution in [0.4, 0.5) is 0 Å². The van der Waals surface area contributed by atoms with E-state index in [1.807, 2.05) is 56.3 Å². The first-order chi connectivity index (χ1) is 12.4. The second-order valence-electron chi connectivity index (χ2n) is 6.27. The lowest BCUT2D eigenvalue weighted by Gasteiger charge is -2.17. The van der Waals surface area contributed by atoms with Gasteiger partial charge in [-0.1, -0.05) is 60.1 Å². The van der Waals surface area contributed by atoms with Crippen LogP contribution in [0, 0.1) is 0 Å². The molecule has 2 aromatic carbocycles. The molecule has 0 aliphatic heterocycles. The number of carboxylic acids is 1. The number of ether oxygens (including phenoxy) is 1. The summed E-state index contributed by atoms with van der Waals surface area (Å²) in [7, 11) is 0. The second-order valence-corrected chi connectivity index (χ2v) is 7.19. The Bertz CT molecular complexity index is 762. The SMILES string of the molecule is CC(C)c1cc(Br)ccc1OCC(=O)NC(Cc1ccccc1)C(=O)O. The van der Waals surface area contributed by atoms with Crippen molar-refractivity contribution in [3.63, 3.8) is 0 Å². The Morgan fingerprint density at radius 2 is 1.85 bits per heavy atom. The average molecular weight is 420 g/mol. The Labute approximate surface area is 161 Å². The summed E-state index contributed by atoms with van der Waals surface area (Å²) in [5.74, 6) is -0.691. The molecule has 26 heavy (non-hydrogen) atoms. The predicted molar refractivity (Wildman–Crippen MR) is 103 cm³/mol. The lowest BCUT2D eigenvalue weighted by molar-refractivity contribution is -0.142. The molecule has 6 heteroatoms. The van der Waals surface area contributed by atoms with Gasteiger partial charge >= 0.3 is 5.97 Å². The van der Waals surface area contributed by atoms with Gasteiger partial charge in [0, 0.05) is 10.9 Å². The van der Waals surface area contributed by atoms with Crippen LogP contribution >= 0.6 is 15.9 Å². The molecule has 0 saturated carbocycles. The monoisotopic (exact) mass is 419 g/mol. The summed E-state index contributed by atoms with van der Waals surface area (Å²) >= 11 is 3.42. The number of carbonyl (C=O) groups is 2. The molecule has 138 valence electrons. The van der Waals surface area contributed by atoms with Crippen LogP contribution in [0.5, 0.6) is 5.75 Å². The van der Waals surface area contributed by atoms with Crippen LogP contribution in [0.3, 0.4) is 0 Å². The van der Waals surface area contributed by atoms with Gasteiger partial charge in [-0.15, -0.1) is 0 Å². The molecule has 0 bridgehead atoms. The van der Waals surface area contributed by atoms with Gasteiger partial charge in [0.15, 0.2) is 6.61 Å². The fraction of sp³-hybridized carbons (Fsp3) is 0.300. The Balaban J connectivity index is 1.97. The third-order valence-electron chi connectivity index (χ3n) is 3.87. The Kier molecular flexibility index (Phi) is 7.21. The second kappa shape index (κ2) is 9.38. The highest BCUT2D eigenvalue weighted by atomic mass is 79.9. The average Bonchev–Trinajstić information content (AvgIpc) is 2.60. The molecular weight excluding hydrogens is 398 g/mol. The van der Waals surface area contributed by atoms with E-state index >= 15 is 0 Å². The normalized spacial score (nSPS) is 11.8. The van der Waals surface area contributed by atoms with Crippen molar-refractivity contribution in [1.29, 1.82) is 0 Å². The van der Waals surface area contributed by atoms with E-state index in [-0.39, 0.29) is 18.9 Å². The Morgan fingerprint density at radius 3 is 2.46 bits per heavy atom. The summed E-state index contributed by atoms with van der Waals surface area (Å²) in [4.78, 5) is 23.6. The maximum Gasteiger partial charge on any atom is 0.326 e. The van der Waals surface area contributed by atoms with E-state index in [1.54, 1.807) is 6.07 Å². The molecule has 0 aromatic heterocycles. The molecule has 1 amide bonds. The van der Waals surface area contributed by atoms with E-state index in [4.69, 9.17) is 4.74 Å². The maximum absolute atomic E-state index is 12.2. The summed E-state index contributed by atoms with van der Waals surface area (Å²) in [6.07, 6.45) is 0.220. The highest BCUT2D eigenvalue weighted by Gasteiger charge is 2.21. The first kappa shape index (κ1) is 20.0. The topological polar surface area (TPSA) is 75.6 Å². The number of benzene rings is 2. The zero-order valence-electron chi connectivity index (χ0n) is 14.7. The number of amides is 1. The van der Waals surface area contributed by atoms with Crippen LogP contribution in [0.15, 0.2) is 53.0 Å². The van der Waals surface area contributed by atoms with E-state index in [0.717, 1.165) is 15.6 Å². The van der Waals surface area contributed by atoms with Crippen LogP contribution in [0.25, 0.3) is 0 Å². The van der Waals surface area contributed by atoms with Crippen molar-refractivity contribution in [3.05, 3.63) is 64.1 Å². The molecule has 0 spiro atoms. The van der Waals surface area contributed by atoms with Gasteiger partial charge in [-0.3, -0.25) is 4.79 Å². The molecule has 1 unspecified atom stereocenters. The van der Waals surface area contributed by atoms with Crippen molar-refractivity contribution >= 4 is 27.8 Å². The van der Waals surface area contributed by atoms with Crippen molar-refractivity contribution in [2.45, 2.75) is 32.2 Å². The van der Waals surface area contributed by atoms with Crippen molar-refractivity contribution in [2.24, 2.45) is 0 Å². The van der Waals surface area contributed by atoms with Gasteiger partial charge in [-0.05, 0) is 35.2 Å². The summed E-state index contributed by atoms with van der Waals surface area (Å²) in [5.41, 5.74) is 1.82. The first-order valence-corrected chi connectivity index (χ1v) is 9.14. The molecule has 2 aromatic rings. The van der Waals surface area contributed by atoms with Crippen molar-refractivity contribution < 1.29 is 19.4 Å². The highest BCUT2D eigenvalue weighted by molar-refractivity contribution is 9.10. The summed E-state index contributed by atoms with van der Waals surface area (Å²) in [6, 6.07) is 13.8. The fourth-order valence-electron chi connectivity index (χ4n) is 2.53. The smallest absolute Gasteiger partial charge is 0.326 e. The Morgan fingerprint density at radius 1 is 1.15 bits per heavy atom. The third kappa shape index (κ3) is 5.88. The van der Waals surface area contributed by atoms with Gasteiger partial charge in [0.1, 0.15) is 11.8 Å². The molecule has 2 rings (SSSR count). The standard InChI is InChI=1S/C20H22BrNO4/c1-13(2)16-11-15(21)8-9-18(16)26-12-19(23)22-17(20(24)25)10-14-6-4-3-5-7-14/h3-9,11,13,17H,10,12H2,1-2H3,(H,22,23)(H,24,25). The third-order valence-corrected chi connectivity index (χ3v) is 4.36. The predicted octanol–water partition coefficient (Wildman–Crippen LogP) is 3.76. The summed E-state index contributed by atoms with van der Waals surface area (Å²) < 4.78 is 6.56. The van der Waals surface area contributed by atoms with Gasteiger partial charge in [0.05, 0.1) is 0 Å². The largest absolute Gasteiger partial charge is 0.483 e. The molecule has 0 radical (unpaired) electrons. The number of halogens is 1. The zero-order valence-corrected chi connectivity index (χ0v) is 16.3. The van der Waals surface area contributed by atoms with E-state index in [9.17, 15) is 14.7 Å². The minimum Gasteiger partial charge on any atom is -0.483 e. The quantitative estimate of drug-likeness (QED) is 0.682. The van der Waals surface area contributed by atoms with Gasteiger partial charge in [-0.2, -0.15) is 0 Å².